The van der Waals surface area contributed by atoms with Gasteiger partial charge in [0.2, 0.25) is 5.91 Å². The summed E-state index contributed by atoms with van der Waals surface area (Å²) in [6, 6.07) is 1.05. The van der Waals surface area contributed by atoms with Crippen molar-refractivity contribution in [2.24, 2.45) is 0 Å². The topological polar surface area (TPSA) is 73.2 Å². The van der Waals surface area contributed by atoms with Crippen molar-refractivity contribution in [1.29, 1.82) is 0 Å². The zero-order valence-electron chi connectivity index (χ0n) is 11.1. The first-order chi connectivity index (χ1) is 8.28. The molecule has 1 amide bonds. The Morgan fingerprint density at radius 1 is 1.44 bits per heavy atom. The molecule has 6 nitrogen and oxygen atoms in total. The molecule has 100 valence electrons. The van der Waals surface area contributed by atoms with E-state index in [1.165, 1.54) is 4.68 Å². The highest BCUT2D eigenvalue weighted by atomic mass is 16.6. The number of nitrogens with one attached hydrogen (secondary N) is 1. The molecular formula is C12H19N3O3. The maximum atomic E-state index is 11.6. The first-order valence-electron chi connectivity index (χ1n) is 5.77. The lowest BCUT2D eigenvalue weighted by Gasteiger charge is -2.22. The maximum absolute atomic E-state index is 11.6. The van der Waals surface area contributed by atoms with Crippen molar-refractivity contribution in [1.82, 2.24) is 15.1 Å². The van der Waals surface area contributed by atoms with Crippen molar-refractivity contribution in [2.75, 3.05) is 0 Å². The van der Waals surface area contributed by atoms with Crippen LogP contribution in [-0.4, -0.2) is 33.3 Å². The molecule has 18 heavy (non-hydrogen) atoms. The van der Waals surface area contributed by atoms with Crippen LogP contribution >= 0.6 is 0 Å². The van der Waals surface area contributed by atoms with Gasteiger partial charge in [0.05, 0.1) is 0 Å². The first kappa shape index (κ1) is 14.2. The van der Waals surface area contributed by atoms with Gasteiger partial charge in [-0.2, -0.15) is 5.10 Å². The SMILES string of the molecule is C[C@@H](NC(=O)Cn1cccn1)C(=O)OC(C)(C)C. The van der Waals surface area contributed by atoms with Gasteiger partial charge in [-0.05, 0) is 33.8 Å². The Balaban J connectivity index is 2.42. The molecule has 0 bridgehead atoms. The van der Waals surface area contributed by atoms with Crippen LogP contribution in [-0.2, 0) is 20.9 Å². The summed E-state index contributed by atoms with van der Waals surface area (Å²) in [5.41, 5.74) is -0.557. The smallest absolute Gasteiger partial charge is 0.328 e. The van der Waals surface area contributed by atoms with E-state index < -0.39 is 17.6 Å². The fourth-order valence-corrected chi connectivity index (χ4v) is 1.28. The van der Waals surface area contributed by atoms with Gasteiger partial charge >= 0.3 is 5.97 Å². The second-order valence-electron chi connectivity index (χ2n) is 5.03. The Labute approximate surface area is 106 Å². The molecule has 0 aromatic carbocycles. The van der Waals surface area contributed by atoms with Gasteiger partial charge in [-0.3, -0.25) is 9.48 Å². The van der Waals surface area contributed by atoms with Gasteiger partial charge in [-0.1, -0.05) is 0 Å². The van der Waals surface area contributed by atoms with E-state index >= 15 is 0 Å². The molecule has 6 heteroatoms. The molecule has 0 saturated carbocycles. The Hall–Kier alpha value is -1.85. The van der Waals surface area contributed by atoms with Gasteiger partial charge in [0.1, 0.15) is 18.2 Å². The Morgan fingerprint density at radius 2 is 2.11 bits per heavy atom. The maximum Gasteiger partial charge on any atom is 0.328 e. The van der Waals surface area contributed by atoms with Crippen molar-refractivity contribution in [3.8, 4) is 0 Å². The van der Waals surface area contributed by atoms with Crippen LogP contribution in [0.1, 0.15) is 27.7 Å². The number of aromatic nitrogens is 2. The number of carbonyl (C=O) groups is 2. The summed E-state index contributed by atoms with van der Waals surface area (Å²) in [6.07, 6.45) is 3.27. The quantitative estimate of drug-likeness (QED) is 0.803. The van der Waals surface area contributed by atoms with Crippen LogP contribution in [0.4, 0.5) is 0 Å². The fraction of sp³-hybridized carbons (Fsp3) is 0.583. The Kier molecular flexibility index (Phi) is 4.47. The number of esters is 1. The van der Waals surface area contributed by atoms with E-state index in [-0.39, 0.29) is 12.5 Å². The highest BCUT2D eigenvalue weighted by molar-refractivity contribution is 5.84. The second-order valence-corrected chi connectivity index (χ2v) is 5.03. The summed E-state index contributed by atoms with van der Waals surface area (Å²) in [7, 11) is 0. The summed E-state index contributed by atoms with van der Waals surface area (Å²) in [4.78, 5) is 23.2. The van der Waals surface area contributed by atoms with Crippen molar-refractivity contribution in [2.45, 2.75) is 45.9 Å². The molecule has 0 spiro atoms. The minimum absolute atomic E-state index is 0.0835. The summed E-state index contributed by atoms with van der Waals surface area (Å²) in [6.45, 7) is 7.02. The minimum atomic E-state index is -0.674. The molecule has 0 aliphatic carbocycles. The van der Waals surface area contributed by atoms with Crippen LogP contribution in [0.2, 0.25) is 0 Å². The lowest BCUT2D eigenvalue weighted by Crippen LogP contribution is -2.43. The zero-order chi connectivity index (χ0) is 13.8. The van der Waals surface area contributed by atoms with E-state index in [9.17, 15) is 9.59 Å². The monoisotopic (exact) mass is 253 g/mol. The fourth-order valence-electron chi connectivity index (χ4n) is 1.28. The van der Waals surface area contributed by atoms with Gasteiger partial charge in [-0.25, -0.2) is 4.79 Å². The number of amides is 1. The second kappa shape index (κ2) is 5.66. The van der Waals surface area contributed by atoms with Gasteiger partial charge in [0.25, 0.3) is 0 Å². The molecule has 0 aliphatic heterocycles. The molecule has 0 radical (unpaired) electrons. The van der Waals surface area contributed by atoms with Crippen molar-refractivity contribution in [3.05, 3.63) is 18.5 Å². The third-order valence-electron chi connectivity index (χ3n) is 2.00. The summed E-state index contributed by atoms with van der Waals surface area (Å²) in [5.74, 6) is -0.728. The molecular weight excluding hydrogens is 234 g/mol. The van der Waals surface area contributed by atoms with Crippen LogP contribution in [0.25, 0.3) is 0 Å². The molecule has 1 aromatic heterocycles. The first-order valence-corrected chi connectivity index (χ1v) is 5.77. The molecule has 0 saturated heterocycles. The van der Waals surface area contributed by atoms with Crippen LogP contribution in [0.3, 0.4) is 0 Å². The summed E-state index contributed by atoms with van der Waals surface area (Å²) >= 11 is 0. The van der Waals surface area contributed by atoms with Gasteiger partial charge < -0.3 is 10.1 Å². The minimum Gasteiger partial charge on any atom is -0.458 e. The van der Waals surface area contributed by atoms with Gasteiger partial charge in [0.15, 0.2) is 0 Å². The summed E-state index contributed by atoms with van der Waals surface area (Å²) < 4.78 is 6.64. The number of hydrogen-bond acceptors (Lipinski definition) is 4. The number of carbonyl (C=O) groups excluding carboxylic acids is 2. The highest BCUT2D eigenvalue weighted by Crippen LogP contribution is 2.08. The van der Waals surface area contributed by atoms with Crippen molar-refractivity contribution in [3.63, 3.8) is 0 Å². The lowest BCUT2D eigenvalue weighted by atomic mass is 10.2. The summed E-state index contributed by atoms with van der Waals surface area (Å²) in [5, 5.41) is 6.47. The molecule has 1 atom stereocenters. The predicted molar refractivity (Wildman–Crippen MR) is 65.7 cm³/mol. The zero-order valence-corrected chi connectivity index (χ0v) is 11.1. The van der Waals surface area contributed by atoms with Crippen LogP contribution in [0.15, 0.2) is 18.5 Å². The Bertz CT molecular complexity index is 407. The third kappa shape index (κ3) is 4.99. The average molecular weight is 253 g/mol. The Morgan fingerprint density at radius 3 is 2.61 bits per heavy atom. The third-order valence-corrected chi connectivity index (χ3v) is 2.00. The largest absolute Gasteiger partial charge is 0.458 e. The number of nitrogens with zero attached hydrogens (tertiary/aromatic N) is 2. The predicted octanol–water partition coefficient (Wildman–Crippen LogP) is 0.729. The number of rotatable bonds is 4. The number of hydrogen-bond donors (Lipinski definition) is 1. The molecule has 0 fully saturated rings. The van der Waals surface area contributed by atoms with Crippen LogP contribution < -0.4 is 5.32 Å². The molecule has 1 aromatic rings. The van der Waals surface area contributed by atoms with E-state index in [4.69, 9.17) is 4.74 Å². The van der Waals surface area contributed by atoms with E-state index in [1.807, 2.05) is 0 Å². The lowest BCUT2D eigenvalue weighted by molar-refractivity contribution is -0.158. The standard InChI is InChI=1S/C12H19N3O3/c1-9(11(17)18-12(2,3)4)14-10(16)8-15-7-5-6-13-15/h5-7,9H,8H2,1-4H3,(H,14,16)/t9-/m1/s1. The van der Waals surface area contributed by atoms with E-state index in [0.29, 0.717) is 0 Å². The van der Waals surface area contributed by atoms with Crippen LogP contribution in [0.5, 0.6) is 0 Å². The molecule has 1 heterocycles. The molecule has 0 unspecified atom stereocenters. The normalized spacial score (nSPS) is 12.9. The molecule has 1 N–H and O–H groups in total. The van der Waals surface area contributed by atoms with Gasteiger partial charge in [-0.15, -0.1) is 0 Å². The van der Waals surface area contributed by atoms with Gasteiger partial charge in [0, 0.05) is 12.4 Å². The van der Waals surface area contributed by atoms with E-state index in [1.54, 1.807) is 46.2 Å². The molecule has 1 rings (SSSR count). The van der Waals surface area contributed by atoms with E-state index in [2.05, 4.69) is 10.4 Å². The van der Waals surface area contributed by atoms with E-state index in [0.717, 1.165) is 0 Å². The van der Waals surface area contributed by atoms with Crippen LogP contribution in [0, 0.1) is 0 Å². The average Bonchev–Trinajstić information content (AvgIpc) is 2.67. The number of ether oxygens (including phenoxy) is 1. The highest BCUT2D eigenvalue weighted by Gasteiger charge is 2.22. The van der Waals surface area contributed by atoms with Crippen molar-refractivity contribution < 1.29 is 14.3 Å². The van der Waals surface area contributed by atoms with Crippen molar-refractivity contribution >= 4 is 11.9 Å². The molecule has 0 aliphatic rings.